The van der Waals surface area contributed by atoms with Gasteiger partial charge in [-0.25, -0.2) is 9.78 Å². The van der Waals surface area contributed by atoms with Crippen molar-refractivity contribution in [2.75, 3.05) is 43.5 Å². The molecule has 3 amide bonds. The van der Waals surface area contributed by atoms with Crippen LogP contribution in [0, 0.1) is 0 Å². The molecule has 2 aromatic rings. The lowest BCUT2D eigenvalue weighted by molar-refractivity contribution is -0.117. The number of urea groups is 1. The van der Waals surface area contributed by atoms with Crippen LogP contribution in [-0.2, 0) is 11.3 Å². The molecule has 2 aliphatic rings. The quantitative estimate of drug-likeness (QED) is 0.452. The number of hydrogen-bond acceptors (Lipinski definition) is 8. The highest BCUT2D eigenvalue weighted by Gasteiger charge is 2.37. The Labute approximate surface area is 231 Å². The molecular weight excluding hydrogens is 535 g/mol. The highest BCUT2D eigenvalue weighted by Crippen LogP contribution is 2.54. The van der Waals surface area contributed by atoms with E-state index >= 15 is 0 Å². The maximum absolute atomic E-state index is 13.5. The van der Waals surface area contributed by atoms with Crippen LogP contribution < -0.4 is 34.6 Å². The number of benzene rings is 1. The first kappa shape index (κ1) is 27.6. The van der Waals surface area contributed by atoms with Gasteiger partial charge in [0.1, 0.15) is 15.9 Å². The van der Waals surface area contributed by atoms with Crippen molar-refractivity contribution in [2.45, 2.75) is 44.3 Å². The maximum Gasteiger partial charge on any atom is 0.330 e. The first-order chi connectivity index (χ1) is 18.2. The van der Waals surface area contributed by atoms with E-state index < -0.39 is 6.03 Å². The van der Waals surface area contributed by atoms with E-state index in [1.165, 1.54) is 37.2 Å². The third-order valence-electron chi connectivity index (χ3n) is 6.71. The lowest BCUT2D eigenvalue weighted by Gasteiger charge is -2.36. The first-order valence-electron chi connectivity index (χ1n) is 12.0. The SMILES string of the molecule is C=CC(=O)NC1CCCCC1Nc1ncc2c(n1)N(C)C(=O)N(c1c(Cl)c(OC)c(OC)c(OC)c1Cl)C2. The fourth-order valence-corrected chi connectivity index (χ4v) is 5.61. The second-order valence-electron chi connectivity index (χ2n) is 8.90. The molecule has 2 N–H and O–H groups in total. The Hall–Kier alpha value is -3.44. The van der Waals surface area contributed by atoms with Gasteiger partial charge in [-0.3, -0.25) is 14.6 Å². The molecule has 1 saturated carbocycles. The summed E-state index contributed by atoms with van der Waals surface area (Å²) in [6.45, 7) is 3.64. The zero-order valence-corrected chi connectivity index (χ0v) is 23.1. The fourth-order valence-electron chi connectivity index (χ4n) is 4.84. The molecule has 0 bridgehead atoms. The standard InChI is InChI=1S/C25H30Cl2N6O5/c1-6-16(34)29-14-9-7-8-10-15(14)30-24-28-11-13-12-33(25(35)32(2)23(13)31-24)19-17(26)20(36-3)22(38-5)21(37-4)18(19)27/h6,11,14-15H,1,7-10,12H2,2-5H3,(H,29,34)(H,28,30,31). The van der Waals surface area contributed by atoms with Crippen molar-refractivity contribution in [3.05, 3.63) is 34.5 Å². The van der Waals surface area contributed by atoms with Crippen LogP contribution >= 0.6 is 23.2 Å². The van der Waals surface area contributed by atoms with Gasteiger partial charge < -0.3 is 24.8 Å². The summed E-state index contributed by atoms with van der Waals surface area (Å²) < 4.78 is 16.3. The van der Waals surface area contributed by atoms with E-state index in [-0.39, 0.29) is 57.5 Å². The summed E-state index contributed by atoms with van der Waals surface area (Å²) in [7, 11) is 5.91. The monoisotopic (exact) mass is 564 g/mol. The number of aromatic nitrogens is 2. The van der Waals surface area contributed by atoms with Gasteiger partial charge in [-0.1, -0.05) is 42.6 Å². The van der Waals surface area contributed by atoms with Gasteiger partial charge in [0.05, 0.1) is 33.6 Å². The van der Waals surface area contributed by atoms with Crippen LogP contribution in [0.25, 0.3) is 0 Å². The van der Waals surface area contributed by atoms with E-state index in [2.05, 4.69) is 27.2 Å². The molecule has 2 atom stereocenters. The van der Waals surface area contributed by atoms with E-state index in [0.717, 1.165) is 25.7 Å². The second-order valence-corrected chi connectivity index (χ2v) is 9.66. The number of ether oxygens (including phenoxy) is 3. The molecule has 1 aromatic carbocycles. The Morgan fingerprint density at radius 3 is 2.26 bits per heavy atom. The second kappa shape index (κ2) is 11.5. The molecule has 0 radical (unpaired) electrons. The van der Waals surface area contributed by atoms with Crippen LogP contribution in [0.2, 0.25) is 10.0 Å². The zero-order chi connectivity index (χ0) is 27.6. The molecule has 0 spiro atoms. The van der Waals surface area contributed by atoms with Crippen LogP contribution in [0.4, 0.5) is 22.2 Å². The number of nitrogens with one attached hydrogen (secondary N) is 2. The Balaban J connectivity index is 1.65. The van der Waals surface area contributed by atoms with E-state index in [4.69, 9.17) is 37.4 Å². The van der Waals surface area contributed by atoms with Gasteiger partial charge in [0, 0.05) is 30.9 Å². The fraction of sp³-hybridized carbons (Fsp3) is 0.440. The van der Waals surface area contributed by atoms with Crippen molar-refractivity contribution in [3.8, 4) is 17.2 Å². The Morgan fingerprint density at radius 2 is 1.68 bits per heavy atom. The lowest BCUT2D eigenvalue weighted by Crippen LogP contribution is -2.48. The van der Waals surface area contributed by atoms with Crippen LogP contribution in [0.15, 0.2) is 18.9 Å². The summed E-state index contributed by atoms with van der Waals surface area (Å²) in [5.74, 6) is 1.19. The molecule has 1 aliphatic carbocycles. The average molecular weight is 565 g/mol. The Morgan fingerprint density at radius 1 is 1.08 bits per heavy atom. The number of nitrogens with zero attached hydrogens (tertiary/aromatic N) is 4. The van der Waals surface area contributed by atoms with Crippen molar-refractivity contribution >= 4 is 52.6 Å². The summed E-state index contributed by atoms with van der Waals surface area (Å²) >= 11 is 13.3. The first-order valence-corrected chi connectivity index (χ1v) is 12.8. The summed E-state index contributed by atoms with van der Waals surface area (Å²) in [4.78, 5) is 37.4. The molecule has 204 valence electrons. The van der Waals surface area contributed by atoms with Gasteiger partial charge in [-0.05, 0) is 18.9 Å². The van der Waals surface area contributed by atoms with Gasteiger partial charge in [0.25, 0.3) is 0 Å². The van der Waals surface area contributed by atoms with Crippen LogP contribution in [-0.4, -0.2) is 62.4 Å². The van der Waals surface area contributed by atoms with Crippen molar-refractivity contribution in [2.24, 2.45) is 0 Å². The Bertz CT molecular complexity index is 1230. The number of rotatable bonds is 8. The molecule has 1 aliphatic heterocycles. The van der Waals surface area contributed by atoms with Crippen LogP contribution in [0.5, 0.6) is 17.2 Å². The number of methoxy groups -OCH3 is 3. The molecule has 13 heteroatoms. The predicted octanol–water partition coefficient (Wildman–Crippen LogP) is 4.41. The summed E-state index contributed by atoms with van der Waals surface area (Å²) in [6, 6.07) is -0.536. The topological polar surface area (TPSA) is 118 Å². The molecule has 2 unspecified atom stereocenters. The molecular formula is C25H30Cl2N6O5. The van der Waals surface area contributed by atoms with Crippen molar-refractivity contribution in [3.63, 3.8) is 0 Å². The summed E-state index contributed by atoms with van der Waals surface area (Å²) in [5.41, 5.74) is 0.897. The minimum absolute atomic E-state index is 0.0522. The number of carbonyl (C=O) groups is 2. The zero-order valence-electron chi connectivity index (χ0n) is 21.6. The lowest BCUT2D eigenvalue weighted by atomic mass is 9.90. The normalized spacial score (nSPS) is 18.9. The predicted molar refractivity (Wildman–Crippen MR) is 146 cm³/mol. The van der Waals surface area contributed by atoms with Gasteiger partial charge >= 0.3 is 6.03 Å². The number of halogens is 2. The third kappa shape index (κ3) is 5.00. The van der Waals surface area contributed by atoms with Crippen molar-refractivity contribution < 1.29 is 23.8 Å². The summed E-state index contributed by atoms with van der Waals surface area (Å²) in [6.07, 6.45) is 6.65. The maximum atomic E-state index is 13.5. The number of carbonyl (C=O) groups excluding carboxylic acids is 2. The molecule has 38 heavy (non-hydrogen) atoms. The molecule has 0 saturated heterocycles. The molecule has 2 heterocycles. The van der Waals surface area contributed by atoms with E-state index in [9.17, 15) is 9.59 Å². The number of anilines is 3. The number of hydrogen-bond donors (Lipinski definition) is 2. The van der Waals surface area contributed by atoms with E-state index in [1.54, 1.807) is 13.2 Å². The molecule has 11 nitrogen and oxygen atoms in total. The van der Waals surface area contributed by atoms with E-state index in [1.807, 2.05) is 0 Å². The smallest absolute Gasteiger partial charge is 0.330 e. The van der Waals surface area contributed by atoms with E-state index in [0.29, 0.717) is 17.3 Å². The van der Waals surface area contributed by atoms with Crippen LogP contribution in [0.3, 0.4) is 0 Å². The summed E-state index contributed by atoms with van der Waals surface area (Å²) in [5, 5.41) is 6.52. The highest BCUT2D eigenvalue weighted by molar-refractivity contribution is 6.42. The number of fused-ring (bicyclic) bond motifs is 1. The minimum atomic E-state index is -0.408. The molecule has 1 fully saturated rings. The van der Waals surface area contributed by atoms with Crippen molar-refractivity contribution in [1.82, 2.24) is 15.3 Å². The Kier molecular flexibility index (Phi) is 8.37. The van der Waals surface area contributed by atoms with Gasteiger partial charge in [-0.2, -0.15) is 4.98 Å². The largest absolute Gasteiger partial charge is 0.491 e. The van der Waals surface area contributed by atoms with Crippen molar-refractivity contribution in [1.29, 1.82) is 0 Å². The van der Waals surface area contributed by atoms with Gasteiger partial charge in [-0.15, -0.1) is 0 Å². The highest BCUT2D eigenvalue weighted by atomic mass is 35.5. The third-order valence-corrected chi connectivity index (χ3v) is 7.41. The van der Waals surface area contributed by atoms with Crippen LogP contribution in [0.1, 0.15) is 31.2 Å². The van der Waals surface area contributed by atoms with Gasteiger partial charge in [0.15, 0.2) is 11.5 Å². The average Bonchev–Trinajstić information content (AvgIpc) is 2.92. The molecule has 4 rings (SSSR count). The minimum Gasteiger partial charge on any atom is -0.491 e. The molecule has 1 aromatic heterocycles. The van der Waals surface area contributed by atoms with Gasteiger partial charge in [0.2, 0.25) is 17.6 Å². The number of amides is 3.